The molecule has 0 aliphatic rings. The van der Waals surface area contributed by atoms with Gasteiger partial charge in [0.25, 0.3) is 0 Å². The molecule has 0 fully saturated rings. The summed E-state index contributed by atoms with van der Waals surface area (Å²) in [5.41, 5.74) is 4.12. The van der Waals surface area contributed by atoms with Crippen molar-refractivity contribution in [2.24, 2.45) is 0 Å². The van der Waals surface area contributed by atoms with Crippen molar-refractivity contribution < 1.29 is 14.3 Å². The fraction of sp³-hybridized carbons (Fsp3) is 0.152. The number of esters is 1. The van der Waals surface area contributed by atoms with Crippen molar-refractivity contribution in [3.63, 3.8) is 0 Å². The standard InChI is InChI=1S/C33H31N3O3/c1-39-31(37)23-35-32(38)30(21-24-22-34-29-20-12-11-19-28(24)29)36-33(25-13-5-2-6-14-25,26-15-7-3-8-16-26)27-17-9-4-10-18-27/h2-20,22,30,34,36H,21,23H2,1H3,(H,35,38)/t30-/m0/s1. The maximum absolute atomic E-state index is 13.8. The molecule has 3 N–H and O–H groups in total. The van der Waals surface area contributed by atoms with E-state index in [1.807, 2.05) is 85.1 Å². The van der Waals surface area contributed by atoms with Crippen molar-refractivity contribution in [1.29, 1.82) is 0 Å². The Balaban J connectivity index is 1.65. The van der Waals surface area contributed by atoms with Gasteiger partial charge in [-0.15, -0.1) is 0 Å². The number of hydrogen-bond donors (Lipinski definition) is 3. The Bertz CT molecular complexity index is 1440. The van der Waals surface area contributed by atoms with Gasteiger partial charge in [-0.2, -0.15) is 0 Å². The number of H-pyrrole nitrogens is 1. The summed E-state index contributed by atoms with van der Waals surface area (Å²) in [6.45, 7) is -0.212. The molecule has 0 aliphatic heterocycles. The van der Waals surface area contributed by atoms with Crippen LogP contribution in [0, 0.1) is 0 Å². The lowest BCUT2D eigenvalue weighted by atomic mass is 9.76. The van der Waals surface area contributed by atoms with Crippen LogP contribution in [0.3, 0.4) is 0 Å². The van der Waals surface area contributed by atoms with E-state index in [-0.39, 0.29) is 12.5 Å². The van der Waals surface area contributed by atoms with Crippen LogP contribution in [0.5, 0.6) is 0 Å². The summed E-state index contributed by atoms with van der Waals surface area (Å²) in [6, 6.07) is 37.7. The molecule has 0 saturated heterocycles. The van der Waals surface area contributed by atoms with Gasteiger partial charge in [-0.3, -0.25) is 14.9 Å². The van der Waals surface area contributed by atoms with Crippen LogP contribution < -0.4 is 10.6 Å². The van der Waals surface area contributed by atoms with E-state index < -0.39 is 17.6 Å². The normalized spacial score (nSPS) is 12.1. The number of nitrogens with one attached hydrogen (secondary N) is 3. The first kappa shape index (κ1) is 25.9. The second kappa shape index (κ2) is 11.8. The van der Waals surface area contributed by atoms with Crippen LogP contribution in [0.2, 0.25) is 0 Å². The third-order valence-electron chi connectivity index (χ3n) is 7.06. The first-order chi connectivity index (χ1) is 19.1. The first-order valence-corrected chi connectivity index (χ1v) is 13.0. The summed E-state index contributed by atoms with van der Waals surface area (Å²) >= 11 is 0. The summed E-state index contributed by atoms with van der Waals surface area (Å²) < 4.78 is 4.77. The number of fused-ring (bicyclic) bond motifs is 1. The van der Waals surface area contributed by atoms with Crippen LogP contribution in [0.1, 0.15) is 22.3 Å². The number of ether oxygens (including phenoxy) is 1. The molecular formula is C33H31N3O3. The molecule has 0 spiro atoms. The fourth-order valence-corrected chi connectivity index (χ4v) is 5.16. The van der Waals surface area contributed by atoms with E-state index in [0.29, 0.717) is 6.42 Å². The van der Waals surface area contributed by atoms with Gasteiger partial charge in [-0.1, -0.05) is 109 Å². The van der Waals surface area contributed by atoms with E-state index in [0.717, 1.165) is 33.2 Å². The average molecular weight is 518 g/mol. The summed E-state index contributed by atoms with van der Waals surface area (Å²) in [5.74, 6) is -0.799. The highest BCUT2D eigenvalue weighted by Crippen LogP contribution is 2.37. The molecule has 1 amide bonds. The molecule has 4 aromatic carbocycles. The van der Waals surface area contributed by atoms with Gasteiger partial charge in [0.2, 0.25) is 5.91 Å². The largest absolute Gasteiger partial charge is 0.468 e. The Labute approximate surface area is 228 Å². The van der Waals surface area contributed by atoms with E-state index in [1.165, 1.54) is 7.11 Å². The van der Waals surface area contributed by atoms with E-state index in [4.69, 9.17) is 4.74 Å². The van der Waals surface area contributed by atoms with Gasteiger partial charge in [0, 0.05) is 17.1 Å². The number of carbonyl (C=O) groups is 2. The SMILES string of the molecule is COC(=O)CNC(=O)[C@H](Cc1c[nH]c2ccccc12)NC(c1ccccc1)(c1ccccc1)c1ccccc1. The molecule has 5 rings (SSSR count). The Kier molecular flexibility index (Phi) is 7.85. The molecular weight excluding hydrogens is 486 g/mol. The van der Waals surface area contributed by atoms with Gasteiger partial charge < -0.3 is 15.0 Å². The molecule has 0 unspecified atom stereocenters. The van der Waals surface area contributed by atoms with Gasteiger partial charge in [0.15, 0.2) is 0 Å². The molecule has 196 valence electrons. The number of aromatic nitrogens is 1. The van der Waals surface area contributed by atoms with Crippen LogP contribution in [-0.2, 0) is 26.3 Å². The number of para-hydroxylation sites is 1. The zero-order chi connectivity index (χ0) is 27.1. The molecule has 1 atom stereocenters. The highest BCUT2D eigenvalue weighted by molar-refractivity contribution is 5.88. The number of methoxy groups -OCH3 is 1. The minimum atomic E-state index is -0.858. The van der Waals surface area contributed by atoms with E-state index in [9.17, 15) is 9.59 Å². The first-order valence-electron chi connectivity index (χ1n) is 13.0. The molecule has 1 heterocycles. The maximum atomic E-state index is 13.8. The van der Waals surface area contributed by atoms with Gasteiger partial charge in [-0.05, 0) is 34.7 Å². The van der Waals surface area contributed by atoms with Gasteiger partial charge in [0.05, 0.1) is 18.7 Å². The zero-order valence-electron chi connectivity index (χ0n) is 21.8. The third-order valence-corrected chi connectivity index (χ3v) is 7.06. The smallest absolute Gasteiger partial charge is 0.325 e. The molecule has 0 radical (unpaired) electrons. The minimum absolute atomic E-state index is 0.212. The van der Waals surface area contributed by atoms with Crippen LogP contribution in [-0.4, -0.2) is 36.6 Å². The van der Waals surface area contributed by atoms with Crippen molar-refractivity contribution in [2.45, 2.75) is 18.0 Å². The van der Waals surface area contributed by atoms with Crippen molar-refractivity contribution in [3.8, 4) is 0 Å². The fourth-order valence-electron chi connectivity index (χ4n) is 5.16. The van der Waals surface area contributed by atoms with Gasteiger partial charge in [0.1, 0.15) is 6.54 Å². The quantitative estimate of drug-likeness (QED) is 0.181. The summed E-state index contributed by atoms with van der Waals surface area (Å²) in [5, 5.41) is 7.62. The Morgan fingerprint density at radius 2 is 1.28 bits per heavy atom. The van der Waals surface area contributed by atoms with Crippen molar-refractivity contribution in [3.05, 3.63) is 144 Å². The zero-order valence-corrected chi connectivity index (χ0v) is 21.8. The number of carbonyl (C=O) groups excluding carboxylic acids is 2. The number of hydrogen-bond acceptors (Lipinski definition) is 4. The monoisotopic (exact) mass is 517 g/mol. The summed E-state index contributed by atoms with van der Waals surface area (Å²) in [7, 11) is 1.31. The topological polar surface area (TPSA) is 83.2 Å². The molecule has 0 bridgehead atoms. The maximum Gasteiger partial charge on any atom is 0.325 e. The van der Waals surface area contributed by atoms with E-state index in [1.54, 1.807) is 0 Å². The summed E-state index contributed by atoms with van der Waals surface area (Å²) in [6.07, 6.45) is 2.34. The lowest BCUT2D eigenvalue weighted by Crippen LogP contribution is -2.56. The van der Waals surface area contributed by atoms with Crippen molar-refractivity contribution in [1.82, 2.24) is 15.6 Å². The molecule has 0 saturated carbocycles. The van der Waals surface area contributed by atoms with Crippen LogP contribution in [0.4, 0.5) is 0 Å². The number of aromatic amines is 1. The third kappa shape index (κ3) is 5.47. The Hall–Kier alpha value is -4.68. The minimum Gasteiger partial charge on any atom is -0.468 e. The highest BCUT2D eigenvalue weighted by atomic mass is 16.5. The Morgan fingerprint density at radius 3 is 1.82 bits per heavy atom. The van der Waals surface area contributed by atoms with Crippen LogP contribution in [0.25, 0.3) is 10.9 Å². The predicted octanol–water partition coefficient (Wildman–Crippen LogP) is 4.95. The van der Waals surface area contributed by atoms with E-state index >= 15 is 0 Å². The van der Waals surface area contributed by atoms with Gasteiger partial charge in [-0.25, -0.2) is 0 Å². The second-order valence-electron chi connectivity index (χ2n) is 9.40. The summed E-state index contributed by atoms with van der Waals surface area (Å²) in [4.78, 5) is 29.0. The van der Waals surface area contributed by atoms with Crippen LogP contribution >= 0.6 is 0 Å². The molecule has 6 heteroatoms. The average Bonchev–Trinajstić information content (AvgIpc) is 3.42. The number of rotatable bonds is 10. The molecule has 5 aromatic rings. The lowest BCUT2D eigenvalue weighted by Gasteiger charge is -2.40. The molecule has 39 heavy (non-hydrogen) atoms. The van der Waals surface area contributed by atoms with Crippen molar-refractivity contribution in [2.75, 3.05) is 13.7 Å². The molecule has 0 aliphatic carbocycles. The molecule has 6 nitrogen and oxygen atoms in total. The lowest BCUT2D eigenvalue weighted by molar-refractivity contribution is -0.141. The predicted molar refractivity (Wildman–Crippen MR) is 153 cm³/mol. The Morgan fingerprint density at radius 1 is 0.769 bits per heavy atom. The number of benzene rings is 4. The van der Waals surface area contributed by atoms with Crippen LogP contribution in [0.15, 0.2) is 121 Å². The van der Waals surface area contributed by atoms with Gasteiger partial charge >= 0.3 is 5.97 Å². The number of amides is 1. The highest BCUT2D eigenvalue weighted by Gasteiger charge is 2.40. The van der Waals surface area contributed by atoms with E-state index in [2.05, 4.69) is 52.0 Å². The second-order valence-corrected chi connectivity index (χ2v) is 9.40. The van der Waals surface area contributed by atoms with Crippen molar-refractivity contribution >= 4 is 22.8 Å². The molecule has 1 aromatic heterocycles.